The SMILES string of the molecule is CC[C@H](C)NC(=O)[C@H](CC)N(Cc1ccccc1)C(=O)CN(C)S(=O)(=O)c1ccc(Cl)cc1. The van der Waals surface area contributed by atoms with Crippen molar-refractivity contribution in [1.82, 2.24) is 14.5 Å². The fourth-order valence-electron chi connectivity index (χ4n) is 3.29. The first kappa shape index (κ1) is 26.8. The maximum Gasteiger partial charge on any atom is 0.243 e. The summed E-state index contributed by atoms with van der Waals surface area (Å²) in [6.07, 6.45) is 1.16. The van der Waals surface area contributed by atoms with Crippen LogP contribution in [0, 0.1) is 0 Å². The Hall–Kier alpha value is -2.42. The second-order valence-electron chi connectivity index (χ2n) is 7.96. The lowest BCUT2D eigenvalue weighted by molar-refractivity contribution is -0.141. The molecule has 0 heterocycles. The van der Waals surface area contributed by atoms with E-state index < -0.39 is 28.5 Å². The highest BCUT2D eigenvalue weighted by Crippen LogP contribution is 2.19. The molecule has 0 aromatic heterocycles. The Morgan fingerprint density at radius 2 is 1.61 bits per heavy atom. The lowest BCUT2D eigenvalue weighted by Gasteiger charge is -2.32. The summed E-state index contributed by atoms with van der Waals surface area (Å²) in [7, 11) is -2.56. The van der Waals surface area contributed by atoms with Gasteiger partial charge in [-0.15, -0.1) is 0 Å². The number of hydrogen-bond donors (Lipinski definition) is 1. The summed E-state index contributed by atoms with van der Waals surface area (Å²) >= 11 is 5.86. The summed E-state index contributed by atoms with van der Waals surface area (Å²) in [4.78, 5) is 27.8. The molecular formula is C24H32ClN3O4S. The van der Waals surface area contributed by atoms with E-state index in [2.05, 4.69) is 5.32 Å². The lowest BCUT2D eigenvalue weighted by atomic mass is 10.1. The van der Waals surface area contributed by atoms with Crippen LogP contribution in [0.25, 0.3) is 0 Å². The predicted molar refractivity (Wildman–Crippen MR) is 130 cm³/mol. The molecule has 0 fully saturated rings. The molecule has 7 nitrogen and oxygen atoms in total. The average molecular weight is 494 g/mol. The zero-order chi connectivity index (χ0) is 24.6. The van der Waals surface area contributed by atoms with Crippen molar-refractivity contribution in [2.24, 2.45) is 0 Å². The van der Waals surface area contributed by atoms with Crippen LogP contribution in [0.5, 0.6) is 0 Å². The Bertz CT molecular complexity index is 1030. The molecular weight excluding hydrogens is 462 g/mol. The molecule has 0 aliphatic heterocycles. The van der Waals surface area contributed by atoms with Crippen LogP contribution in [-0.2, 0) is 26.2 Å². The number of likely N-dealkylation sites (N-methyl/N-ethyl adjacent to an activating group) is 1. The molecule has 0 spiro atoms. The number of nitrogens with zero attached hydrogens (tertiary/aromatic N) is 2. The normalized spacial score (nSPS) is 13.4. The number of benzene rings is 2. The molecule has 2 aromatic rings. The van der Waals surface area contributed by atoms with Crippen LogP contribution in [0.2, 0.25) is 5.02 Å². The Morgan fingerprint density at radius 3 is 2.15 bits per heavy atom. The lowest BCUT2D eigenvalue weighted by Crippen LogP contribution is -2.53. The van der Waals surface area contributed by atoms with Gasteiger partial charge in [0, 0.05) is 24.7 Å². The van der Waals surface area contributed by atoms with Crippen molar-refractivity contribution in [2.75, 3.05) is 13.6 Å². The molecule has 0 aliphatic carbocycles. The topological polar surface area (TPSA) is 86.8 Å². The van der Waals surface area contributed by atoms with Crippen molar-refractivity contribution in [1.29, 1.82) is 0 Å². The van der Waals surface area contributed by atoms with Gasteiger partial charge >= 0.3 is 0 Å². The molecule has 0 saturated heterocycles. The molecule has 0 radical (unpaired) electrons. The molecule has 1 N–H and O–H groups in total. The highest BCUT2D eigenvalue weighted by molar-refractivity contribution is 7.89. The molecule has 2 amide bonds. The van der Waals surface area contributed by atoms with Gasteiger partial charge in [0.1, 0.15) is 6.04 Å². The van der Waals surface area contributed by atoms with Gasteiger partial charge in [-0.2, -0.15) is 4.31 Å². The van der Waals surface area contributed by atoms with Gasteiger partial charge in [-0.1, -0.05) is 55.8 Å². The fraction of sp³-hybridized carbons (Fsp3) is 0.417. The van der Waals surface area contributed by atoms with Crippen molar-refractivity contribution >= 4 is 33.4 Å². The summed E-state index contributed by atoms with van der Waals surface area (Å²) in [6, 6.07) is 14.3. The minimum Gasteiger partial charge on any atom is -0.352 e. The van der Waals surface area contributed by atoms with Gasteiger partial charge in [0.2, 0.25) is 21.8 Å². The van der Waals surface area contributed by atoms with Gasteiger partial charge in [-0.25, -0.2) is 8.42 Å². The van der Waals surface area contributed by atoms with E-state index in [-0.39, 0.29) is 23.4 Å². The van der Waals surface area contributed by atoms with E-state index in [0.29, 0.717) is 11.4 Å². The first-order valence-corrected chi connectivity index (χ1v) is 12.8. The third kappa shape index (κ3) is 7.28. The quantitative estimate of drug-likeness (QED) is 0.517. The highest BCUT2D eigenvalue weighted by atomic mass is 35.5. The second kappa shape index (κ2) is 12.2. The Morgan fingerprint density at radius 1 is 1.00 bits per heavy atom. The van der Waals surface area contributed by atoms with Crippen molar-refractivity contribution in [3.05, 3.63) is 65.2 Å². The summed E-state index contributed by atoms with van der Waals surface area (Å²) in [6.45, 7) is 5.50. The van der Waals surface area contributed by atoms with Crippen molar-refractivity contribution < 1.29 is 18.0 Å². The van der Waals surface area contributed by atoms with Crippen LogP contribution in [0.3, 0.4) is 0 Å². The van der Waals surface area contributed by atoms with Crippen LogP contribution in [0.4, 0.5) is 0 Å². The second-order valence-corrected chi connectivity index (χ2v) is 10.4. The third-order valence-electron chi connectivity index (χ3n) is 5.46. The summed E-state index contributed by atoms with van der Waals surface area (Å²) in [5, 5.41) is 3.36. The fourth-order valence-corrected chi connectivity index (χ4v) is 4.54. The molecule has 2 rings (SSSR count). The van der Waals surface area contributed by atoms with Crippen molar-refractivity contribution in [2.45, 2.75) is 57.1 Å². The molecule has 2 atom stereocenters. The largest absolute Gasteiger partial charge is 0.352 e. The van der Waals surface area contributed by atoms with Gasteiger partial charge in [-0.3, -0.25) is 9.59 Å². The summed E-state index contributed by atoms with van der Waals surface area (Å²) < 4.78 is 26.9. The smallest absolute Gasteiger partial charge is 0.243 e. The average Bonchev–Trinajstić information content (AvgIpc) is 2.79. The monoisotopic (exact) mass is 493 g/mol. The first-order valence-electron chi connectivity index (χ1n) is 11.0. The van der Waals surface area contributed by atoms with Gasteiger partial charge in [-0.05, 0) is 49.6 Å². The maximum absolute atomic E-state index is 13.4. The van der Waals surface area contributed by atoms with E-state index in [0.717, 1.165) is 16.3 Å². The zero-order valence-corrected chi connectivity index (χ0v) is 21.1. The number of hydrogen-bond acceptors (Lipinski definition) is 4. The van der Waals surface area contributed by atoms with Crippen LogP contribution < -0.4 is 5.32 Å². The Balaban J connectivity index is 2.29. The molecule has 0 aliphatic rings. The highest BCUT2D eigenvalue weighted by Gasteiger charge is 2.32. The van der Waals surface area contributed by atoms with E-state index in [4.69, 9.17) is 11.6 Å². The molecule has 9 heteroatoms. The predicted octanol–water partition coefficient (Wildman–Crippen LogP) is 3.68. The van der Waals surface area contributed by atoms with Crippen molar-refractivity contribution in [3.63, 3.8) is 0 Å². The third-order valence-corrected chi connectivity index (χ3v) is 7.53. The van der Waals surface area contributed by atoms with Crippen LogP contribution in [0.1, 0.15) is 39.2 Å². The van der Waals surface area contributed by atoms with Crippen LogP contribution in [-0.4, -0.2) is 55.1 Å². The first-order chi connectivity index (χ1) is 15.6. The van der Waals surface area contributed by atoms with Gasteiger partial charge in [0.15, 0.2) is 0 Å². The molecule has 0 unspecified atom stereocenters. The maximum atomic E-state index is 13.4. The molecule has 0 bridgehead atoms. The minimum atomic E-state index is -3.91. The number of rotatable bonds is 11. The molecule has 0 saturated carbocycles. The van der Waals surface area contributed by atoms with E-state index in [1.165, 1.54) is 36.2 Å². The number of nitrogens with one attached hydrogen (secondary N) is 1. The van der Waals surface area contributed by atoms with Crippen LogP contribution in [0.15, 0.2) is 59.5 Å². The van der Waals surface area contributed by atoms with Gasteiger partial charge in [0.05, 0.1) is 11.4 Å². The Kier molecular flexibility index (Phi) is 9.88. The van der Waals surface area contributed by atoms with Crippen LogP contribution >= 0.6 is 11.6 Å². The number of halogens is 1. The number of carbonyl (C=O) groups is 2. The molecule has 180 valence electrons. The van der Waals surface area contributed by atoms with E-state index >= 15 is 0 Å². The van der Waals surface area contributed by atoms with Gasteiger partial charge in [0.25, 0.3) is 0 Å². The number of sulfonamides is 1. The van der Waals surface area contributed by atoms with E-state index in [9.17, 15) is 18.0 Å². The standard InChI is InChI=1S/C24H32ClN3O4S/c1-5-18(3)26-24(30)22(6-2)28(16-19-10-8-7-9-11-19)23(29)17-27(4)33(31,32)21-14-12-20(25)13-15-21/h7-15,18,22H,5-6,16-17H2,1-4H3,(H,26,30)/t18-,22-/m0/s1. The molecule has 33 heavy (non-hydrogen) atoms. The van der Waals surface area contributed by atoms with Crippen molar-refractivity contribution in [3.8, 4) is 0 Å². The molecule has 2 aromatic carbocycles. The van der Waals surface area contributed by atoms with Gasteiger partial charge < -0.3 is 10.2 Å². The summed E-state index contributed by atoms with van der Waals surface area (Å²) in [5.41, 5.74) is 0.851. The Labute approximate surface area is 201 Å². The summed E-state index contributed by atoms with van der Waals surface area (Å²) in [5.74, 6) is -0.704. The number of amides is 2. The zero-order valence-electron chi connectivity index (χ0n) is 19.5. The number of carbonyl (C=O) groups excluding carboxylic acids is 2. The van der Waals surface area contributed by atoms with E-state index in [1.807, 2.05) is 51.1 Å². The minimum absolute atomic E-state index is 0.0341. The van der Waals surface area contributed by atoms with E-state index in [1.54, 1.807) is 0 Å².